The summed E-state index contributed by atoms with van der Waals surface area (Å²) >= 11 is 0. The Hall–Kier alpha value is -1.56. The summed E-state index contributed by atoms with van der Waals surface area (Å²) in [5.41, 5.74) is -0.0446. The van der Waals surface area contributed by atoms with Crippen molar-refractivity contribution in [3.63, 3.8) is 0 Å². The van der Waals surface area contributed by atoms with Crippen LogP contribution in [0.15, 0.2) is 11.8 Å². The Morgan fingerprint density at radius 1 is 1.54 bits per heavy atom. The van der Waals surface area contributed by atoms with Gasteiger partial charge in [-0.25, -0.2) is 9.86 Å². The minimum atomic E-state index is -1.29. The number of carboxylic acid groups (broad SMARTS) is 1. The van der Waals surface area contributed by atoms with E-state index in [1.54, 1.807) is 6.92 Å². The molecule has 0 aliphatic rings. The minimum absolute atomic E-state index is 0.0446. The monoisotopic (exact) mass is 188 g/mol. The number of carbonyl (C=O) groups is 2. The van der Waals surface area contributed by atoms with Crippen LogP contribution in [0.2, 0.25) is 0 Å². The quantitative estimate of drug-likeness (QED) is 0.489. The number of nitrogens with zero attached hydrogens (tertiary/aromatic N) is 1. The molecule has 0 aromatic heterocycles. The van der Waals surface area contributed by atoms with Crippen LogP contribution >= 0.6 is 0 Å². The molecule has 0 unspecified atom stereocenters. The van der Waals surface area contributed by atoms with Crippen LogP contribution in [0.4, 0.5) is 4.79 Å². The Morgan fingerprint density at radius 3 is 2.38 bits per heavy atom. The molecule has 13 heavy (non-hydrogen) atoms. The number of likely N-dealkylation sites (N-methyl/N-ethyl adjacent to an activating group) is 1. The van der Waals surface area contributed by atoms with E-state index in [1.165, 1.54) is 20.2 Å². The molecular weight excluding hydrogens is 176 g/mol. The molecule has 0 rings (SSSR count). The number of hydrogen-bond acceptors (Lipinski definition) is 3. The van der Waals surface area contributed by atoms with Crippen LogP contribution in [0.25, 0.3) is 0 Å². The zero-order valence-corrected chi connectivity index (χ0v) is 7.70. The van der Waals surface area contributed by atoms with Crippen LogP contribution < -0.4 is 5.32 Å². The summed E-state index contributed by atoms with van der Waals surface area (Å²) in [5, 5.41) is 11.2. The van der Waals surface area contributed by atoms with Crippen LogP contribution in [0, 0.1) is 0 Å². The van der Waals surface area contributed by atoms with Gasteiger partial charge in [-0.1, -0.05) is 6.08 Å². The molecule has 0 aromatic carbocycles. The van der Waals surface area contributed by atoms with E-state index in [9.17, 15) is 9.59 Å². The van der Waals surface area contributed by atoms with Crippen LogP contribution in [-0.4, -0.2) is 36.3 Å². The Labute approximate surface area is 75.7 Å². The summed E-state index contributed by atoms with van der Waals surface area (Å²) in [6.07, 6.45) is 0.0670. The number of allylic oxidation sites excluding steroid dienone is 1. The summed E-state index contributed by atoms with van der Waals surface area (Å²) in [6.45, 7) is 1.55. The summed E-state index contributed by atoms with van der Waals surface area (Å²) in [7, 11) is 2.70. The molecule has 0 aliphatic carbocycles. The highest BCUT2D eigenvalue weighted by Gasteiger charge is 2.15. The third-order valence-electron chi connectivity index (χ3n) is 1.32. The van der Waals surface area contributed by atoms with Gasteiger partial charge in [0.15, 0.2) is 0 Å². The molecule has 2 amide bonds. The van der Waals surface area contributed by atoms with E-state index >= 15 is 0 Å². The van der Waals surface area contributed by atoms with Gasteiger partial charge in [0, 0.05) is 7.05 Å². The van der Waals surface area contributed by atoms with Crippen molar-refractivity contribution in [2.24, 2.45) is 0 Å². The van der Waals surface area contributed by atoms with E-state index in [4.69, 9.17) is 5.11 Å². The average Bonchev–Trinajstić information content (AvgIpc) is 2.11. The maximum atomic E-state index is 11.2. The molecular formula is C7H12N2O4. The lowest BCUT2D eigenvalue weighted by molar-refractivity contribution is -0.164. The summed E-state index contributed by atoms with van der Waals surface area (Å²) in [5.74, 6) is -0.549. The number of carbonyl (C=O) groups excluding carboxylic acids is 1. The third-order valence-corrected chi connectivity index (χ3v) is 1.32. The van der Waals surface area contributed by atoms with Crippen LogP contribution in [0.5, 0.6) is 0 Å². The Kier molecular flexibility index (Phi) is 4.53. The van der Waals surface area contributed by atoms with Gasteiger partial charge in [0.05, 0.1) is 7.11 Å². The van der Waals surface area contributed by atoms with E-state index in [0.717, 1.165) is 5.06 Å². The standard InChI is InChI=1S/C7H12N2O4/c1-4-5(8-7(11)12)6(10)9(2)13-3/h4,8H,1-3H3,(H,11,12). The predicted octanol–water partition coefficient (Wildman–Crippen LogP) is 0.178. The molecule has 0 spiro atoms. The lowest BCUT2D eigenvalue weighted by Gasteiger charge is -2.14. The highest BCUT2D eigenvalue weighted by molar-refractivity contribution is 5.95. The molecule has 0 heterocycles. The number of hydroxylamine groups is 2. The number of amides is 2. The molecule has 6 nitrogen and oxygen atoms in total. The van der Waals surface area contributed by atoms with Gasteiger partial charge < -0.3 is 5.11 Å². The second-order valence-corrected chi connectivity index (χ2v) is 2.12. The Bertz CT molecular complexity index is 237. The Morgan fingerprint density at radius 2 is 2.08 bits per heavy atom. The van der Waals surface area contributed by atoms with E-state index in [1.807, 2.05) is 5.32 Å². The largest absolute Gasteiger partial charge is 0.465 e. The van der Waals surface area contributed by atoms with Crippen molar-refractivity contribution < 1.29 is 19.5 Å². The molecule has 74 valence electrons. The van der Waals surface area contributed by atoms with Crippen LogP contribution in [-0.2, 0) is 9.63 Å². The number of rotatable bonds is 3. The second-order valence-electron chi connectivity index (χ2n) is 2.12. The first-order valence-electron chi connectivity index (χ1n) is 3.51. The molecule has 0 aliphatic heterocycles. The first-order valence-corrected chi connectivity index (χ1v) is 3.51. The normalized spacial score (nSPS) is 10.8. The lowest BCUT2D eigenvalue weighted by Crippen LogP contribution is -2.34. The van der Waals surface area contributed by atoms with E-state index in [2.05, 4.69) is 4.84 Å². The molecule has 0 saturated heterocycles. The summed E-state index contributed by atoms with van der Waals surface area (Å²) < 4.78 is 0. The fraction of sp³-hybridized carbons (Fsp3) is 0.429. The molecule has 0 aromatic rings. The van der Waals surface area contributed by atoms with E-state index < -0.39 is 12.0 Å². The molecule has 0 saturated carbocycles. The molecule has 2 N–H and O–H groups in total. The van der Waals surface area contributed by atoms with Gasteiger partial charge >= 0.3 is 6.09 Å². The van der Waals surface area contributed by atoms with Crippen LogP contribution in [0.1, 0.15) is 6.92 Å². The van der Waals surface area contributed by atoms with Gasteiger partial charge in [-0.05, 0) is 6.92 Å². The summed E-state index contributed by atoms with van der Waals surface area (Å²) in [6, 6.07) is 0. The van der Waals surface area contributed by atoms with E-state index in [0.29, 0.717) is 0 Å². The average molecular weight is 188 g/mol. The highest BCUT2D eigenvalue weighted by Crippen LogP contribution is 1.96. The van der Waals surface area contributed by atoms with Gasteiger partial charge in [-0.15, -0.1) is 0 Å². The molecule has 0 bridgehead atoms. The smallest absolute Gasteiger partial charge is 0.409 e. The van der Waals surface area contributed by atoms with Gasteiger partial charge in [0.2, 0.25) is 0 Å². The van der Waals surface area contributed by atoms with Crippen molar-refractivity contribution in [2.75, 3.05) is 14.2 Å². The van der Waals surface area contributed by atoms with Crippen molar-refractivity contribution in [1.29, 1.82) is 0 Å². The maximum Gasteiger partial charge on any atom is 0.409 e. The fourth-order valence-electron chi connectivity index (χ4n) is 0.617. The number of hydrogen-bond donors (Lipinski definition) is 2. The molecule has 0 fully saturated rings. The minimum Gasteiger partial charge on any atom is -0.465 e. The van der Waals surface area contributed by atoms with Gasteiger partial charge in [-0.3, -0.25) is 14.9 Å². The zero-order chi connectivity index (χ0) is 10.4. The Balaban J connectivity index is 4.43. The van der Waals surface area contributed by atoms with Gasteiger partial charge in [-0.2, -0.15) is 0 Å². The SMILES string of the molecule is CC=C(NC(=O)O)C(=O)N(C)OC. The van der Waals surface area contributed by atoms with Crippen molar-refractivity contribution in [3.05, 3.63) is 11.8 Å². The third kappa shape index (κ3) is 3.57. The predicted molar refractivity (Wildman–Crippen MR) is 44.7 cm³/mol. The second kappa shape index (κ2) is 5.15. The summed E-state index contributed by atoms with van der Waals surface area (Å²) in [4.78, 5) is 26.1. The van der Waals surface area contributed by atoms with E-state index in [-0.39, 0.29) is 5.70 Å². The molecule has 0 atom stereocenters. The highest BCUT2D eigenvalue weighted by atomic mass is 16.7. The van der Waals surface area contributed by atoms with Crippen molar-refractivity contribution in [1.82, 2.24) is 10.4 Å². The fourth-order valence-corrected chi connectivity index (χ4v) is 0.617. The number of nitrogens with one attached hydrogen (secondary N) is 1. The first kappa shape index (κ1) is 11.4. The molecule has 0 radical (unpaired) electrons. The lowest BCUT2D eigenvalue weighted by atomic mass is 10.4. The molecule has 6 heteroatoms. The van der Waals surface area contributed by atoms with Crippen molar-refractivity contribution in [3.8, 4) is 0 Å². The van der Waals surface area contributed by atoms with Gasteiger partial charge in [0.25, 0.3) is 5.91 Å². The topological polar surface area (TPSA) is 78.9 Å². The van der Waals surface area contributed by atoms with Crippen LogP contribution in [0.3, 0.4) is 0 Å². The van der Waals surface area contributed by atoms with Crippen molar-refractivity contribution >= 4 is 12.0 Å². The maximum absolute atomic E-state index is 11.2. The first-order chi connectivity index (χ1) is 6.02. The van der Waals surface area contributed by atoms with Crippen molar-refractivity contribution in [2.45, 2.75) is 6.92 Å². The zero-order valence-electron chi connectivity index (χ0n) is 7.70. The van der Waals surface area contributed by atoms with Gasteiger partial charge in [0.1, 0.15) is 5.70 Å².